The van der Waals surface area contributed by atoms with Crippen LogP contribution >= 0.6 is 23.2 Å². The third-order valence-corrected chi connectivity index (χ3v) is 5.43. The van der Waals surface area contributed by atoms with E-state index in [2.05, 4.69) is 12.2 Å². The summed E-state index contributed by atoms with van der Waals surface area (Å²) >= 11 is 12.3. The zero-order valence-corrected chi connectivity index (χ0v) is 17.9. The Balaban J connectivity index is 3.89. The van der Waals surface area contributed by atoms with Crippen LogP contribution in [0.2, 0.25) is 0 Å². The second-order valence-corrected chi connectivity index (χ2v) is 7.84. The average molecular weight is 410 g/mol. The first kappa shape index (κ1) is 25.7. The van der Waals surface area contributed by atoms with Crippen LogP contribution in [-0.2, 0) is 4.79 Å². The smallest absolute Gasteiger partial charge is 0.217 e. The van der Waals surface area contributed by atoms with Gasteiger partial charge in [-0.1, -0.05) is 94.3 Å². The quantitative estimate of drug-likeness (QED) is 0.305. The summed E-state index contributed by atoms with van der Waals surface area (Å²) in [4.78, 5) is 11.1. The minimum Gasteiger partial charge on any atom is -0.394 e. The van der Waals surface area contributed by atoms with Crippen molar-refractivity contribution in [2.45, 2.75) is 103 Å². The number of allylic oxidation sites excluding steroid dienone is 1. The molecule has 4 nitrogen and oxygen atoms in total. The topological polar surface area (TPSA) is 69.6 Å². The second kappa shape index (κ2) is 16.9. The molecule has 0 fully saturated rings. The van der Waals surface area contributed by atoms with Gasteiger partial charge >= 0.3 is 0 Å². The molecule has 0 unspecified atom stereocenters. The van der Waals surface area contributed by atoms with E-state index in [1.54, 1.807) is 0 Å². The SMILES string of the molecule is CCCCCCCCCCCCC/C(Cl)=C(\Cl)[C@@H](O)[C@H](CO)NC(C)=O. The highest BCUT2D eigenvalue weighted by molar-refractivity contribution is 6.39. The van der Waals surface area contributed by atoms with E-state index in [0.717, 1.165) is 12.8 Å². The van der Waals surface area contributed by atoms with Crippen molar-refractivity contribution in [1.82, 2.24) is 5.32 Å². The molecule has 0 aliphatic rings. The van der Waals surface area contributed by atoms with Crippen LogP contribution in [0.15, 0.2) is 10.1 Å². The Morgan fingerprint density at radius 3 is 1.81 bits per heavy atom. The fourth-order valence-corrected chi connectivity index (χ4v) is 3.38. The number of unbranched alkanes of at least 4 members (excludes halogenated alkanes) is 10. The Labute approximate surface area is 169 Å². The van der Waals surface area contributed by atoms with Crippen LogP contribution in [0.4, 0.5) is 0 Å². The summed E-state index contributed by atoms with van der Waals surface area (Å²) < 4.78 is 0. The first-order chi connectivity index (χ1) is 12.4. The van der Waals surface area contributed by atoms with Gasteiger partial charge in [0, 0.05) is 12.0 Å². The van der Waals surface area contributed by atoms with E-state index in [1.165, 1.54) is 64.7 Å². The minimum atomic E-state index is -1.19. The molecule has 0 aromatic heterocycles. The number of halogens is 2. The molecule has 26 heavy (non-hydrogen) atoms. The number of carbonyl (C=O) groups excluding carboxylic acids is 1. The summed E-state index contributed by atoms with van der Waals surface area (Å²) in [6, 6.07) is -0.842. The first-order valence-electron chi connectivity index (χ1n) is 10.0. The number of amides is 1. The summed E-state index contributed by atoms with van der Waals surface area (Å²) in [6.07, 6.45) is 13.2. The number of rotatable bonds is 16. The van der Waals surface area contributed by atoms with E-state index < -0.39 is 18.8 Å². The van der Waals surface area contributed by atoms with Crippen molar-refractivity contribution in [2.75, 3.05) is 6.61 Å². The molecule has 3 N–H and O–H groups in total. The molecular weight excluding hydrogens is 373 g/mol. The van der Waals surface area contributed by atoms with Crippen LogP contribution in [0, 0.1) is 0 Å². The molecule has 0 radical (unpaired) electrons. The lowest BCUT2D eigenvalue weighted by Gasteiger charge is -2.22. The van der Waals surface area contributed by atoms with Gasteiger partial charge in [-0.15, -0.1) is 0 Å². The molecule has 0 aliphatic heterocycles. The van der Waals surface area contributed by atoms with Gasteiger partial charge in [0.2, 0.25) is 5.91 Å². The van der Waals surface area contributed by atoms with Gasteiger partial charge in [-0.3, -0.25) is 4.79 Å². The van der Waals surface area contributed by atoms with Crippen LogP contribution in [0.25, 0.3) is 0 Å². The standard InChI is InChI=1S/C20H37Cl2NO3/c1-3-4-5-6-7-8-9-10-11-12-13-14-17(21)19(22)20(26)18(15-24)23-16(2)25/h18,20,24,26H,3-15H2,1-2H3,(H,23,25)/b19-17+/t18-,20-/m0/s1. The van der Waals surface area contributed by atoms with E-state index in [1.807, 2.05) is 0 Å². The second-order valence-electron chi connectivity index (χ2n) is 6.97. The summed E-state index contributed by atoms with van der Waals surface area (Å²) in [5.74, 6) is -0.339. The van der Waals surface area contributed by atoms with Gasteiger partial charge in [-0.05, 0) is 12.8 Å². The highest BCUT2D eigenvalue weighted by Crippen LogP contribution is 2.25. The highest BCUT2D eigenvalue weighted by Gasteiger charge is 2.24. The van der Waals surface area contributed by atoms with Crippen molar-refractivity contribution in [1.29, 1.82) is 0 Å². The van der Waals surface area contributed by atoms with Crippen LogP contribution < -0.4 is 5.32 Å². The summed E-state index contributed by atoms with van der Waals surface area (Å²) in [5.41, 5.74) is 0. The largest absolute Gasteiger partial charge is 0.394 e. The fourth-order valence-electron chi connectivity index (χ4n) is 2.89. The van der Waals surface area contributed by atoms with E-state index in [4.69, 9.17) is 23.2 Å². The van der Waals surface area contributed by atoms with E-state index in [9.17, 15) is 15.0 Å². The lowest BCUT2D eigenvalue weighted by atomic mass is 10.0. The molecule has 0 aromatic rings. The summed E-state index contributed by atoms with van der Waals surface area (Å²) in [5, 5.41) is 22.3. The zero-order chi connectivity index (χ0) is 19.8. The van der Waals surface area contributed by atoms with Crippen molar-refractivity contribution in [3.8, 4) is 0 Å². The third-order valence-electron chi connectivity index (χ3n) is 4.49. The Hall–Kier alpha value is -0.290. The Kier molecular flexibility index (Phi) is 16.7. The number of aliphatic hydroxyl groups excluding tert-OH is 2. The van der Waals surface area contributed by atoms with Gasteiger partial charge in [-0.2, -0.15) is 0 Å². The van der Waals surface area contributed by atoms with Crippen molar-refractivity contribution >= 4 is 29.1 Å². The predicted molar refractivity (Wildman–Crippen MR) is 111 cm³/mol. The molecule has 0 aromatic carbocycles. The molecule has 154 valence electrons. The van der Waals surface area contributed by atoms with Gasteiger partial charge in [0.05, 0.1) is 17.7 Å². The van der Waals surface area contributed by atoms with Crippen molar-refractivity contribution < 1.29 is 15.0 Å². The van der Waals surface area contributed by atoms with E-state index in [0.29, 0.717) is 11.5 Å². The molecule has 0 rings (SSSR count). The zero-order valence-electron chi connectivity index (χ0n) is 16.4. The maximum absolute atomic E-state index is 11.1. The van der Waals surface area contributed by atoms with Crippen molar-refractivity contribution in [3.05, 3.63) is 10.1 Å². The number of carbonyl (C=O) groups is 1. The van der Waals surface area contributed by atoms with Crippen molar-refractivity contribution in [2.24, 2.45) is 0 Å². The van der Waals surface area contributed by atoms with Crippen LogP contribution in [0.1, 0.15) is 90.9 Å². The maximum Gasteiger partial charge on any atom is 0.217 e. The first-order valence-corrected chi connectivity index (χ1v) is 10.8. The number of aliphatic hydroxyl groups is 2. The third kappa shape index (κ3) is 13.0. The molecule has 0 saturated heterocycles. The molecule has 0 saturated carbocycles. The van der Waals surface area contributed by atoms with E-state index in [-0.39, 0.29) is 10.9 Å². The average Bonchev–Trinajstić information content (AvgIpc) is 2.62. The van der Waals surface area contributed by atoms with Gasteiger partial charge in [0.1, 0.15) is 6.10 Å². The minimum absolute atomic E-state index is 0.103. The Morgan fingerprint density at radius 1 is 0.923 bits per heavy atom. The molecule has 2 atom stereocenters. The summed E-state index contributed by atoms with van der Waals surface area (Å²) in [7, 11) is 0. The number of nitrogens with one attached hydrogen (secondary N) is 1. The normalized spacial score (nSPS) is 14.7. The van der Waals surface area contributed by atoms with Gasteiger partial charge in [0.25, 0.3) is 0 Å². The molecular formula is C20H37Cl2NO3. The molecule has 1 amide bonds. The molecule has 0 heterocycles. The Bertz CT molecular complexity index is 403. The predicted octanol–water partition coefficient (Wildman–Crippen LogP) is 5.23. The lowest BCUT2D eigenvalue weighted by molar-refractivity contribution is -0.120. The molecule has 0 aliphatic carbocycles. The lowest BCUT2D eigenvalue weighted by Crippen LogP contribution is -2.45. The van der Waals surface area contributed by atoms with Gasteiger partial charge in [0.15, 0.2) is 0 Å². The molecule has 0 bridgehead atoms. The summed E-state index contributed by atoms with van der Waals surface area (Å²) in [6.45, 7) is 3.16. The monoisotopic (exact) mass is 409 g/mol. The van der Waals surface area contributed by atoms with Crippen LogP contribution in [0.5, 0.6) is 0 Å². The van der Waals surface area contributed by atoms with Gasteiger partial charge in [-0.25, -0.2) is 0 Å². The van der Waals surface area contributed by atoms with Crippen LogP contribution in [-0.4, -0.2) is 34.9 Å². The highest BCUT2D eigenvalue weighted by atomic mass is 35.5. The molecule has 6 heteroatoms. The Morgan fingerprint density at radius 2 is 1.38 bits per heavy atom. The van der Waals surface area contributed by atoms with E-state index >= 15 is 0 Å². The van der Waals surface area contributed by atoms with Crippen molar-refractivity contribution in [3.63, 3.8) is 0 Å². The fraction of sp³-hybridized carbons (Fsp3) is 0.850. The maximum atomic E-state index is 11.1. The number of hydrogen-bond donors (Lipinski definition) is 3. The molecule has 0 spiro atoms. The van der Waals surface area contributed by atoms with Gasteiger partial charge < -0.3 is 15.5 Å². The van der Waals surface area contributed by atoms with Crippen LogP contribution in [0.3, 0.4) is 0 Å². The number of hydrogen-bond acceptors (Lipinski definition) is 3.